The summed E-state index contributed by atoms with van der Waals surface area (Å²) >= 11 is 0. The van der Waals surface area contributed by atoms with Crippen LogP contribution in [0.1, 0.15) is 30.7 Å². The average Bonchev–Trinajstić information content (AvgIpc) is 2.53. The average molecular weight is 356 g/mol. The van der Waals surface area contributed by atoms with Gasteiger partial charge in [0.15, 0.2) is 5.85 Å². The highest BCUT2D eigenvalue weighted by molar-refractivity contribution is 7.58. The number of hydrogen-bond donors (Lipinski definition) is 4. The zero-order valence-electron chi connectivity index (χ0n) is 13.0. The van der Waals surface area contributed by atoms with Crippen molar-refractivity contribution in [2.45, 2.75) is 25.1 Å². The Balaban J connectivity index is 2.59. The standard InChI is InChI=1S/C16H21O7P/c17-14(18)10-9-12(15(19)20)6-4-5-11-24(22,23)16(21)13-7-2-1-3-8-13/h1-5,7-8,12,16,21H,6,9-11H2,(H,17,18)(H,19,20)(H,22,23). The monoisotopic (exact) mass is 356 g/mol. The van der Waals surface area contributed by atoms with E-state index in [4.69, 9.17) is 10.2 Å². The van der Waals surface area contributed by atoms with Crippen molar-refractivity contribution in [3.8, 4) is 0 Å². The molecule has 0 fully saturated rings. The van der Waals surface area contributed by atoms with Crippen LogP contribution in [0.3, 0.4) is 0 Å². The molecule has 1 aromatic rings. The Morgan fingerprint density at radius 2 is 1.75 bits per heavy atom. The van der Waals surface area contributed by atoms with E-state index in [0.29, 0.717) is 5.56 Å². The molecule has 0 aliphatic rings. The topological polar surface area (TPSA) is 132 Å². The van der Waals surface area contributed by atoms with Crippen molar-refractivity contribution in [1.29, 1.82) is 0 Å². The van der Waals surface area contributed by atoms with Gasteiger partial charge in [-0.2, -0.15) is 0 Å². The number of aliphatic carboxylic acids is 2. The van der Waals surface area contributed by atoms with Crippen LogP contribution in [0.5, 0.6) is 0 Å². The highest BCUT2D eigenvalue weighted by Crippen LogP contribution is 2.53. The highest BCUT2D eigenvalue weighted by Gasteiger charge is 2.29. The number of aliphatic hydroxyl groups excluding tert-OH is 1. The van der Waals surface area contributed by atoms with E-state index in [2.05, 4.69) is 0 Å². The summed E-state index contributed by atoms with van der Waals surface area (Å²) in [5.74, 6) is -4.56. The predicted molar refractivity (Wildman–Crippen MR) is 87.8 cm³/mol. The molecule has 24 heavy (non-hydrogen) atoms. The molecule has 1 aromatic carbocycles. The van der Waals surface area contributed by atoms with Crippen molar-refractivity contribution in [2.75, 3.05) is 6.16 Å². The number of rotatable bonds is 10. The van der Waals surface area contributed by atoms with Gasteiger partial charge in [0.25, 0.3) is 0 Å². The third kappa shape index (κ3) is 6.66. The minimum Gasteiger partial charge on any atom is -0.481 e. The molecule has 0 aliphatic carbocycles. The molecule has 0 saturated carbocycles. The van der Waals surface area contributed by atoms with Gasteiger partial charge in [-0.15, -0.1) is 0 Å². The minimum atomic E-state index is -3.89. The second-order valence-electron chi connectivity index (χ2n) is 5.40. The molecule has 7 nitrogen and oxygen atoms in total. The van der Waals surface area contributed by atoms with Crippen molar-refractivity contribution in [3.05, 3.63) is 48.0 Å². The summed E-state index contributed by atoms with van der Waals surface area (Å²) in [4.78, 5) is 31.5. The van der Waals surface area contributed by atoms with E-state index in [9.17, 15) is 24.2 Å². The lowest BCUT2D eigenvalue weighted by Crippen LogP contribution is -2.14. The maximum atomic E-state index is 12.2. The van der Waals surface area contributed by atoms with E-state index >= 15 is 0 Å². The molecular weight excluding hydrogens is 335 g/mol. The van der Waals surface area contributed by atoms with Gasteiger partial charge in [-0.1, -0.05) is 42.5 Å². The van der Waals surface area contributed by atoms with Crippen LogP contribution in [0.4, 0.5) is 0 Å². The number of carbonyl (C=O) groups is 2. The Kier molecular flexibility index (Phi) is 7.85. The van der Waals surface area contributed by atoms with Gasteiger partial charge in [0.2, 0.25) is 7.37 Å². The zero-order chi connectivity index (χ0) is 18.2. The summed E-state index contributed by atoms with van der Waals surface area (Å²) in [6.07, 6.45) is 2.28. The van der Waals surface area contributed by atoms with E-state index in [1.165, 1.54) is 12.2 Å². The fourth-order valence-corrected chi connectivity index (χ4v) is 3.37. The minimum absolute atomic E-state index is 0.0154. The third-order valence-electron chi connectivity index (χ3n) is 3.49. The normalized spacial score (nSPS) is 16.4. The van der Waals surface area contributed by atoms with Gasteiger partial charge in [-0.3, -0.25) is 14.2 Å². The number of benzene rings is 1. The van der Waals surface area contributed by atoms with E-state index in [-0.39, 0.29) is 25.4 Å². The third-order valence-corrected chi connectivity index (χ3v) is 5.29. The number of carboxylic acid groups (broad SMARTS) is 2. The van der Waals surface area contributed by atoms with Crippen molar-refractivity contribution in [2.24, 2.45) is 5.92 Å². The van der Waals surface area contributed by atoms with Crippen LogP contribution in [0.15, 0.2) is 42.5 Å². The SMILES string of the molecule is O=C(O)CCC(CC=CCP(=O)(O)C(O)c1ccccc1)C(=O)O. The molecule has 1 rings (SSSR count). The highest BCUT2D eigenvalue weighted by atomic mass is 31.2. The van der Waals surface area contributed by atoms with Crippen LogP contribution >= 0.6 is 7.37 Å². The first-order chi connectivity index (χ1) is 11.2. The van der Waals surface area contributed by atoms with Crippen LogP contribution in [0, 0.1) is 5.92 Å². The van der Waals surface area contributed by atoms with Crippen LogP contribution in [-0.2, 0) is 14.2 Å². The predicted octanol–water partition coefficient (Wildman–Crippen LogP) is 2.46. The molecular formula is C16H21O7P. The Labute approximate surface area is 139 Å². The number of aliphatic hydroxyl groups is 1. The summed E-state index contributed by atoms with van der Waals surface area (Å²) in [6.45, 7) is 0. The molecule has 0 amide bonds. The molecule has 0 aromatic heterocycles. The maximum absolute atomic E-state index is 12.2. The van der Waals surface area contributed by atoms with Gasteiger partial charge >= 0.3 is 11.9 Å². The van der Waals surface area contributed by atoms with Crippen molar-refractivity contribution in [3.63, 3.8) is 0 Å². The quantitative estimate of drug-likeness (QED) is 0.374. The lowest BCUT2D eigenvalue weighted by Gasteiger charge is -2.17. The Hall–Kier alpha value is -1.95. The zero-order valence-corrected chi connectivity index (χ0v) is 13.9. The number of hydrogen-bond acceptors (Lipinski definition) is 4. The molecule has 0 heterocycles. The molecule has 3 unspecified atom stereocenters. The molecule has 4 N–H and O–H groups in total. The first-order valence-electron chi connectivity index (χ1n) is 7.38. The second-order valence-corrected chi connectivity index (χ2v) is 7.76. The van der Waals surface area contributed by atoms with E-state index in [0.717, 1.165) is 0 Å². The van der Waals surface area contributed by atoms with Gasteiger partial charge < -0.3 is 20.2 Å². The molecule has 8 heteroatoms. The first kappa shape index (κ1) is 20.1. The summed E-state index contributed by atoms with van der Waals surface area (Å²) in [5.41, 5.74) is 0.335. The summed E-state index contributed by atoms with van der Waals surface area (Å²) in [6, 6.07) is 8.11. The summed E-state index contributed by atoms with van der Waals surface area (Å²) in [5, 5.41) is 27.6. The molecule has 132 valence electrons. The van der Waals surface area contributed by atoms with Gasteiger partial charge in [0.05, 0.1) is 5.92 Å². The van der Waals surface area contributed by atoms with Crippen molar-refractivity contribution < 1.29 is 34.4 Å². The molecule has 0 bridgehead atoms. The molecule has 0 saturated heterocycles. The van der Waals surface area contributed by atoms with Crippen LogP contribution in [0.25, 0.3) is 0 Å². The smallest absolute Gasteiger partial charge is 0.306 e. The number of allylic oxidation sites excluding steroid dienone is 2. The molecule has 3 atom stereocenters. The summed E-state index contributed by atoms with van der Waals surface area (Å²) < 4.78 is 12.2. The van der Waals surface area contributed by atoms with Crippen LogP contribution < -0.4 is 0 Å². The van der Waals surface area contributed by atoms with Gasteiger partial charge in [0.1, 0.15) is 0 Å². The second kappa shape index (κ2) is 9.37. The maximum Gasteiger partial charge on any atom is 0.306 e. The Morgan fingerprint density at radius 3 is 2.29 bits per heavy atom. The first-order valence-corrected chi connectivity index (χ1v) is 9.29. The lowest BCUT2D eigenvalue weighted by molar-refractivity contribution is -0.142. The van der Waals surface area contributed by atoms with Gasteiger partial charge in [-0.25, -0.2) is 0 Å². The molecule has 0 radical (unpaired) electrons. The molecule has 0 spiro atoms. The van der Waals surface area contributed by atoms with E-state index in [1.807, 2.05) is 0 Å². The van der Waals surface area contributed by atoms with Crippen LogP contribution in [-0.4, -0.2) is 38.3 Å². The van der Waals surface area contributed by atoms with Gasteiger partial charge in [-0.05, 0) is 18.4 Å². The van der Waals surface area contributed by atoms with Crippen molar-refractivity contribution in [1.82, 2.24) is 0 Å². The fourth-order valence-electron chi connectivity index (χ4n) is 2.08. The van der Waals surface area contributed by atoms with Crippen LogP contribution in [0.2, 0.25) is 0 Å². The van der Waals surface area contributed by atoms with Crippen molar-refractivity contribution >= 4 is 19.3 Å². The Morgan fingerprint density at radius 1 is 1.12 bits per heavy atom. The molecule has 0 aliphatic heterocycles. The summed E-state index contributed by atoms with van der Waals surface area (Å²) in [7, 11) is -3.89. The Bertz CT molecular complexity index is 627. The van der Waals surface area contributed by atoms with E-state index in [1.54, 1.807) is 30.3 Å². The van der Waals surface area contributed by atoms with E-state index < -0.39 is 31.1 Å². The lowest BCUT2D eigenvalue weighted by atomic mass is 9.99. The largest absolute Gasteiger partial charge is 0.481 e. The number of carboxylic acids is 2. The fraction of sp³-hybridized carbons (Fsp3) is 0.375. The van der Waals surface area contributed by atoms with Gasteiger partial charge in [0, 0.05) is 12.6 Å².